The van der Waals surface area contributed by atoms with E-state index in [1.54, 1.807) is 6.20 Å². The van der Waals surface area contributed by atoms with E-state index in [9.17, 15) is 4.79 Å². The topological polar surface area (TPSA) is 45.2 Å². The van der Waals surface area contributed by atoms with Crippen LogP contribution in [0.3, 0.4) is 0 Å². The summed E-state index contributed by atoms with van der Waals surface area (Å²) in [6.07, 6.45) is 11.4. The molecule has 0 radical (unpaired) electrons. The standard InChI is InChI=1S/C19H29N3O/c1-15(12-16-6-3-2-4-7-16)19(23)22-11-10-21-14-18(22)17-8-5-9-20-13-17/h5,8-9,13,15-16,18,21H,2-4,6-7,10-12,14H2,1H3. The summed E-state index contributed by atoms with van der Waals surface area (Å²) in [7, 11) is 0. The zero-order valence-electron chi connectivity index (χ0n) is 14.2. The molecule has 4 nitrogen and oxygen atoms in total. The molecule has 1 aromatic heterocycles. The van der Waals surface area contributed by atoms with Crippen molar-refractivity contribution >= 4 is 5.91 Å². The number of hydrogen-bond acceptors (Lipinski definition) is 3. The average Bonchev–Trinajstić information content (AvgIpc) is 2.62. The van der Waals surface area contributed by atoms with E-state index < -0.39 is 0 Å². The van der Waals surface area contributed by atoms with Gasteiger partial charge in [0.15, 0.2) is 0 Å². The van der Waals surface area contributed by atoms with Crippen LogP contribution in [0.5, 0.6) is 0 Å². The summed E-state index contributed by atoms with van der Waals surface area (Å²) in [6.45, 7) is 4.64. The third-order valence-corrected chi connectivity index (χ3v) is 5.43. The number of rotatable bonds is 4. The lowest BCUT2D eigenvalue weighted by Gasteiger charge is -2.38. The van der Waals surface area contributed by atoms with E-state index in [0.717, 1.165) is 37.5 Å². The van der Waals surface area contributed by atoms with Gasteiger partial charge in [0.05, 0.1) is 6.04 Å². The number of nitrogens with one attached hydrogen (secondary N) is 1. The van der Waals surface area contributed by atoms with Crippen molar-refractivity contribution in [2.24, 2.45) is 11.8 Å². The van der Waals surface area contributed by atoms with Gasteiger partial charge >= 0.3 is 0 Å². The maximum absolute atomic E-state index is 13.0. The second-order valence-electron chi connectivity index (χ2n) is 7.18. The van der Waals surface area contributed by atoms with Crippen LogP contribution in [0.2, 0.25) is 0 Å². The molecule has 0 aromatic carbocycles. The summed E-state index contributed by atoms with van der Waals surface area (Å²) in [4.78, 5) is 19.3. The fourth-order valence-corrected chi connectivity index (χ4v) is 4.15. The highest BCUT2D eigenvalue weighted by Gasteiger charge is 2.31. The second kappa shape index (κ2) is 7.91. The quantitative estimate of drug-likeness (QED) is 0.928. The van der Waals surface area contributed by atoms with Crippen molar-refractivity contribution in [3.8, 4) is 0 Å². The molecule has 2 aliphatic rings. The Bertz CT molecular complexity index is 499. The van der Waals surface area contributed by atoms with Crippen molar-refractivity contribution in [3.63, 3.8) is 0 Å². The van der Waals surface area contributed by atoms with Gasteiger partial charge in [-0.15, -0.1) is 0 Å². The molecule has 1 saturated heterocycles. The van der Waals surface area contributed by atoms with E-state index in [1.807, 2.05) is 12.3 Å². The van der Waals surface area contributed by atoms with Gasteiger partial charge in [0, 0.05) is 37.9 Å². The Morgan fingerprint density at radius 1 is 1.39 bits per heavy atom. The number of carbonyl (C=O) groups excluding carboxylic acids is 1. The molecule has 2 unspecified atom stereocenters. The normalized spacial score (nSPS) is 24.4. The molecule has 2 atom stereocenters. The summed E-state index contributed by atoms with van der Waals surface area (Å²) in [5.41, 5.74) is 1.14. The predicted octanol–water partition coefficient (Wildman–Crippen LogP) is 3.16. The highest BCUT2D eigenvalue weighted by atomic mass is 16.2. The van der Waals surface area contributed by atoms with E-state index in [-0.39, 0.29) is 12.0 Å². The molecule has 1 aliphatic heterocycles. The van der Waals surface area contributed by atoms with Crippen LogP contribution in [0.1, 0.15) is 57.1 Å². The van der Waals surface area contributed by atoms with Crippen molar-refractivity contribution in [2.75, 3.05) is 19.6 Å². The van der Waals surface area contributed by atoms with Crippen LogP contribution in [0.25, 0.3) is 0 Å². The Kier molecular flexibility index (Phi) is 5.65. The van der Waals surface area contributed by atoms with Gasteiger partial charge in [0.25, 0.3) is 0 Å². The lowest BCUT2D eigenvalue weighted by molar-refractivity contribution is -0.139. The van der Waals surface area contributed by atoms with Gasteiger partial charge in [-0.2, -0.15) is 0 Å². The lowest BCUT2D eigenvalue weighted by Crippen LogP contribution is -2.50. The average molecular weight is 315 g/mol. The first-order valence-electron chi connectivity index (χ1n) is 9.17. The van der Waals surface area contributed by atoms with Gasteiger partial charge in [-0.25, -0.2) is 0 Å². The van der Waals surface area contributed by atoms with E-state index >= 15 is 0 Å². The van der Waals surface area contributed by atoms with Gasteiger partial charge < -0.3 is 10.2 Å². The molecule has 4 heteroatoms. The number of carbonyl (C=O) groups is 1. The predicted molar refractivity (Wildman–Crippen MR) is 91.9 cm³/mol. The summed E-state index contributed by atoms with van der Waals surface area (Å²) in [5.74, 6) is 1.21. The first-order chi connectivity index (χ1) is 11.3. The molecule has 1 aromatic rings. The van der Waals surface area contributed by atoms with Crippen LogP contribution in [-0.2, 0) is 4.79 Å². The van der Waals surface area contributed by atoms with Crippen molar-refractivity contribution in [1.29, 1.82) is 0 Å². The molecule has 1 N–H and O–H groups in total. The minimum absolute atomic E-state index is 0.124. The molecule has 0 bridgehead atoms. The number of amides is 1. The summed E-state index contributed by atoms with van der Waals surface area (Å²) in [5, 5.41) is 3.42. The molecular weight excluding hydrogens is 286 g/mol. The molecule has 126 valence electrons. The van der Waals surface area contributed by atoms with Gasteiger partial charge in [-0.05, 0) is 24.0 Å². The Morgan fingerprint density at radius 3 is 2.96 bits per heavy atom. The maximum Gasteiger partial charge on any atom is 0.226 e. The second-order valence-corrected chi connectivity index (χ2v) is 7.18. The highest BCUT2D eigenvalue weighted by molar-refractivity contribution is 5.79. The first-order valence-corrected chi connectivity index (χ1v) is 9.17. The number of nitrogens with zero attached hydrogens (tertiary/aromatic N) is 2. The molecule has 1 saturated carbocycles. The van der Waals surface area contributed by atoms with Crippen LogP contribution in [-0.4, -0.2) is 35.4 Å². The zero-order valence-corrected chi connectivity index (χ0v) is 14.2. The summed E-state index contributed by atoms with van der Waals surface area (Å²) < 4.78 is 0. The summed E-state index contributed by atoms with van der Waals surface area (Å²) in [6, 6.07) is 4.16. The van der Waals surface area contributed by atoms with Gasteiger partial charge in [-0.3, -0.25) is 9.78 Å². The lowest BCUT2D eigenvalue weighted by atomic mass is 9.82. The Morgan fingerprint density at radius 2 is 2.22 bits per heavy atom. The van der Waals surface area contributed by atoms with E-state index in [0.29, 0.717) is 5.91 Å². The third-order valence-electron chi connectivity index (χ3n) is 5.43. The number of hydrogen-bond donors (Lipinski definition) is 1. The number of pyridine rings is 1. The highest BCUT2D eigenvalue weighted by Crippen LogP contribution is 2.31. The minimum Gasteiger partial charge on any atom is -0.333 e. The largest absolute Gasteiger partial charge is 0.333 e. The van der Waals surface area contributed by atoms with Crippen molar-refractivity contribution in [1.82, 2.24) is 15.2 Å². The van der Waals surface area contributed by atoms with Crippen molar-refractivity contribution in [3.05, 3.63) is 30.1 Å². The van der Waals surface area contributed by atoms with Gasteiger partial charge in [-0.1, -0.05) is 45.1 Å². The number of piperazine rings is 1. The van der Waals surface area contributed by atoms with Crippen LogP contribution in [0.4, 0.5) is 0 Å². The van der Waals surface area contributed by atoms with E-state index in [1.165, 1.54) is 32.1 Å². The molecular formula is C19H29N3O. The zero-order chi connectivity index (χ0) is 16.1. The third kappa shape index (κ3) is 4.11. The minimum atomic E-state index is 0.124. The van der Waals surface area contributed by atoms with Crippen molar-refractivity contribution in [2.45, 2.75) is 51.5 Å². The Hall–Kier alpha value is -1.42. The van der Waals surface area contributed by atoms with Gasteiger partial charge in [0.2, 0.25) is 5.91 Å². The van der Waals surface area contributed by atoms with Crippen LogP contribution >= 0.6 is 0 Å². The smallest absolute Gasteiger partial charge is 0.226 e. The first kappa shape index (κ1) is 16.4. The fourth-order valence-electron chi connectivity index (χ4n) is 4.15. The molecule has 23 heavy (non-hydrogen) atoms. The van der Waals surface area contributed by atoms with E-state index in [2.05, 4.69) is 28.2 Å². The molecule has 2 heterocycles. The fraction of sp³-hybridized carbons (Fsp3) is 0.684. The maximum atomic E-state index is 13.0. The van der Waals surface area contributed by atoms with E-state index in [4.69, 9.17) is 0 Å². The molecule has 2 fully saturated rings. The molecule has 0 spiro atoms. The van der Waals surface area contributed by atoms with Crippen LogP contribution < -0.4 is 5.32 Å². The Labute approximate surface area is 139 Å². The summed E-state index contributed by atoms with van der Waals surface area (Å²) >= 11 is 0. The van der Waals surface area contributed by atoms with Crippen molar-refractivity contribution < 1.29 is 4.79 Å². The van der Waals surface area contributed by atoms with Gasteiger partial charge in [0.1, 0.15) is 0 Å². The molecule has 1 amide bonds. The number of aromatic nitrogens is 1. The van der Waals surface area contributed by atoms with Crippen LogP contribution in [0, 0.1) is 11.8 Å². The SMILES string of the molecule is CC(CC1CCCCC1)C(=O)N1CCNCC1c1cccnc1. The Balaban J connectivity index is 1.65. The molecule has 1 aliphatic carbocycles. The monoisotopic (exact) mass is 315 g/mol. The van der Waals surface area contributed by atoms with Crippen LogP contribution in [0.15, 0.2) is 24.5 Å². The molecule has 3 rings (SSSR count).